The van der Waals surface area contributed by atoms with E-state index in [1.807, 2.05) is 24.3 Å². The number of benzene rings is 3. The zero-order chi connectivity index (χ0) is 35.8. The number of hydrogen-bond donors (Lipinski definition) is 1. The van der Waals surface area contributed by atoms with Crippen molar-refractivity contribution < 1.29 is 33.4 Å². The van der Waals surface area contributed by atoms with Crippen LogP contribution < -0.4 is 9.64 Å². The Morgan fingerprint density at radius 2 is 1.69 bits per heavy atom. The van der Waals surface area contributed by atoms with Crippen LogP contribution in [0.4, 0.5) is 10.1 Å². The molecule has 3 aromatic rings. The highest BCUT2D eigenvalue weighted by Gasteiger charge is 2.68. The third kappa shape index (κ3) is 5.20. The van der Waals surface area contributed by atoms with Crippen molar-refractivity contribution in [3.05, 3.63) is 100 Å². The van der Waals surface area contributed by atoms with Crippen LogP contribution in [0.3, 0.4) is 0 Å². The lowest BCUT2D eigenvalue weighted by atomic mass is 9.51. The van der Waals surface area contributed by atoms with E-state index in [1.54, 1.807) is 19.1 Å². The summed E-state index contributed by atoms with van der Waals surface area (Å²) in [7, 11) is 1.48. The zero-order valence-electron chi connectivity index (χ0n) is 28.4. The highest BCUT2D eigenvalue weighted by Crippen LogP contribution is 2.64. The Morgan fingerprint density at radius 3 is 2.37 bits per heavy atom. The summed E-state index contributed by atoms with van der Waals surface area (Å²) in [5, 5.41) is 11.2. The number of allylic oxidation sites excluding steroid dienone is 2. The van der Waals surface area contributed by atoms with Crippen LogP contribution in [-0.2, 0) is 25.7 Å². The van der Waals surface area contributed by atoms with Gasteiger partial charge in [-0.3, -0.25) is 29.0 Å². The standard InChI is InChI=1S/C40H39ClFN3O6/c1-40-30(37(48)45(39(40)50)24-8-13-32(42)31(41)18-24)20-29-26(35(40)27-10-9-25(51-2)19-33(27)46)11-12-28-34(29)38(49)44(36(28)47)23-14-16-43(17-15-23)21-22-6-4-3-5-7-22/h3-11,13,18-19,23,28-30,34-35,46H,12,14-17,20-21H2,1-2H3/t28-,29+,30-,34-,35+,40+/m0/s1. The van der Waals surface area contributed by atoms with E-state index >= 15 is 0 Å². The first-order valence-electron chi connectivity index (χ1n) is 17.6. The van der Waals surface area contributed by atoms with E-state index in [4.69, 9.17) is 16.3 Å². The first-order chi connectivity index (χ1) is 24.5. The summed E-state index contributed by atoms with van der Waals surface area (Å²) in [6.07, 6.45) is 3.82. The second-order valence-corrected chi connectivity index (χ2v) is 15.1. The van der Waals surface area contributed by atoms with Gasteiger partial charge in [-0.05, 0) is 68.4 Å². The second-order valence-electron chi connectivity index (χ2n) is 14.7. The van der Waals surface area contributed by atoms with Crippen LogP contribution in [0.1, 0.15) is 49.7 Å². The molecule has 8 rings (SSSR count). The fraction of sp³-hybridized carbons (Fsp3) is 0.400. The van der Waals surface area contributed by atoms with E-state index in [0.717, 1.165) is 36.2 Å². The fourth-order valence-corrected chi connectivity index (χ4v) is 9.86. The van der Waals surface area contributed by atoms with Crippen molar-refractivity contribution in [2.75, 3.05) is 25.1 Å². The molecule has 1 N–H and O–H groups in total. The molecule has 11 heteroatoms. The molecular formula is C40H39ClFN3O6. The number of nitrogens with zero attached hydrogens (tertiary/aromatic N) is 3. The van der Waals surface area contributed by atoms with Gasteiger partial charge in [0.25, 0.3) is 0 Å². The van der Waals surface area contributed by atoms with E-state index in [9.17, 15) is 28.7 Å². The average Bonchev–Trinajstić information content (AvgIpc) is 3.50. The average molecular weight is 712 g/mol. The largest absolute Gasteiger partial charge is 0.508 e. The summed E-state index contributed by atoms with van der Waals surface area (Å²) in [5.41, 5.74) is 1.21. The molecule has 5 aliphatic rings. The highest BCUT2D eigenvalue weighted by molar-refractivity contribution is 6.31. The number of rotatable bonds is 6. The molecule has 0 bridgehead atoms. The van der Waals surface area contributed by atoms with Gasteiger partial charge in [-0.15, -0.1) is 0 Å². The molecule has 51 heavy (non-hydrogen) atoms. The van der Waals surface area contributed by atoms with Gasteiger partial charge in [-0.1, -0.05) is 59.6 Å². The number of likely N-dealkylation sites (tertiary alicyclic amines) is 2. The van der Waals surface area contributed by atoms with Gasteiger partial charge >= 0.3 is 0 Å². The van der Waals surface area contributed by atoms with Crippen molar-refractivity contribution in [2.45, 2.75) is 51.1 Å². The summed E-state index contributed by atoms with van der Waals surface area (Å²) in [5.74, 6) is -5.19. The molecule has 0 unspecified atom stereocenters. The normalized spacial score (nSPS) is 29.6. The number of ether oxygens (including phenoxy) is 1. The maximum Gasteiger partial charge on any atom is 0.241 e. The van der Waals surface area contributed by atoms with Crippen molar-refractivity contribution in [1.82, 2.24) is 9.80 Å². The maximum absolute atomic E-state index is 14.6. The molecule has 0 radical (unpaired) electrons. The number of carbonyl (C=O) groups excluding carboxylic acids is 4. The summed E-state index contributed by atoms with van der Waals surface area (Å²) >= 11 is 6.11. The third-order valence-electron chi connectivity index (χ3n) is 12.2. The molecule has 2 aliphatic carbocycles. The summed E-state index contributed by atoms with van der Waals surface area (Å²) in [6, 6.07) is 18.6. The SMILES string of the molecule is COc1ccc([C@H]2C3=CC[C@@H]4C(=O)N(C5CCN(Cc6ccccc6)CC5)C(=O)[C@@H]4[C@@H]3C[C@H]3C(=O)N(c4ccc(F)c(Cl)c4)C(=O)[C@@]23C)c(O)c1. The van der Waals surface area contributed by atoms with E-state index < -0.39 is 52.6 Å². The van der Waals surface area contributed by atoms with E-state index in [0.29, 0.717) is 30.6 Å². The third-order valence-corrected chi connectivity index (χ3v) is 12.5. The number of fused-ring (bicyclic) bond motifs is 4. The van der Waals surface area contributed by atoms with E-state index in [2.05, 4.69) is 17.0 Å². The number of hydrogen-bond acceptors (Lipinski definition) is 7. The summed E-state index contributed by atoms with van der Waals surface area (Å²) in [4.78, 5) is 62.6. The van der Waals surface area contributed by atoms with Gasteiger partial charge in [0.2, 0.25) is 23.6 Å². The first-order valence-corrected chi connectivity index (χ1v) is 17.9. The number of amides is 4. The minimum Gasteiger partial charge on any atom is -0.508 e. The quantitative estimate of drug-likeness (QED) is 0.244. The molecule has 9 nitrogen and oxygen atoms in total. The molecule has 0 aromatic heterocycles. The lowest BCUT2D eigenvalue weighted by molar-refractivity contribution is -0.144. The van der Waals surface area contributed by atoms with Crippen LogP contribution in [0, 0.1) is 34.9 Å². The number of imide groups is 2. The lowest BCUT2D eigenvalue weighted by Gasteiger charge is -2.49. The Hall–Kier alpha value is -4.54. The molecule has 0 spiro atoms. The molecule has 1 saturated carbocycles. The summed E-state index contributed by atoms with van der Waals surface area (Å²) < 4.78 is 19.5. The van der Waals surface area contributed by atoms with Crippen LogP contribution in [-0.4, -0.2) is 64.8 Å². The Balaban J connectivity index is 1.14. The number of halogens is 2. The fourth-order valence-electron chi connectivity index (χ4n) is 9.69. The lowest BCUT2D eigenvalue weighted by Crippen LogP contribution is -2.49. The minimum atomic E-state index is -1.36. The highest BCUT2D eigenvalue weighted by atomic mass is 35.5. The number of aromatic hydroxyl groups is 1. The van der Waals surface area contributed by atoms with Crippen LogP contribution in [0.2, 0.25) is 5.02 Å². The Morgan fingerprint density at radius 1 is 0.941 bits per heavy atom. The van der Waals surface area contributed by atoms with Crippen molar-refractivity contribution in [3.8, 4) is 11.5 Å². The number of carbonyl (C=O) groups is 4. The van der Waals surface area contributed by atoms with Gasteiger partial charge in [0.1, 0.15) is 17.3 Å². The van der Waals surface area contributed by atoms with Gasteiger partial charge in [-0.2, -0.15) is 0 Å². The van der Waals surface area contributed by atoms with E-state index in [1.165, 1.54) is 35.8 Å². The smallest absolute Gasteiger partial charge is 0.241 e. The van der Waals surface area contributed by atoms with Crippen molar-refractivity contribution >= 4 is 40.9 Å². The second kappa shape index (κ2) is 12.6. The summed E-state index contributed by atoms with van der Waals surface area (Å²) in [6.45, 7) is 4.07. The van der Waals surface area contributed by atoms with Crippen molar-refractivity contribution in [1.29, 1.82) is 0 Å². The van der Waals surface area contributed by atoms with Crippen LogP contribution in [0.15, 0.2) is 78.4 Å². The molecule has 3 aromatic carbocycles. The minimum absolute atomic E-state index is 0.107. The van der Waals surface area contributed by atoms with Crippen LogP contribution >= 0.6 is 11.6 Å². The van der Waals surface area contributed by atoms with Crippen molar-refractivity contribution in [2.24, 2.45) is 29.1 Å². The predicted molar refractivity (Wildman–Crippen MR) is 187 cm³/mol. The topological polar surface area (TPSA) is 107 Å². The van der Waals surface area contributed by atoms with Crippen LogP contribution in [0.25, 0.3) is 0 Å². The molecule has 4 amide bonds. The first kappa shape index (κ1) is 33.6. The monoisotopic (exact) mass is 711 g/mol. The van der Waals surface area contributed by atoms with E-state index in [-0.39, 0.29) is 40.7 Å². The predicted octanol–water partition coefficient (Wildman–Crippen LogP) is 6.09. The number of methoxy groups -OCH3 is 1. The molecule has 3 aliphatic heterocycles. The molecular weight excluding hydrogens is 673 g/mol. The van der Waals surface area contributed by atoms with Gasteiger partial charge in [0, 0.05) is 43.2 Å². The van der Waals surface area contributed by atoms with Gasteiger partial charge in [-0.25, -0.2) is 9.29 Å². The molecule has 6 atom stereocenters. The number of phenolic OH excluding ortho intramolecular Hbond substituents is 1. The van der Waals surface area contributed by atoms with Crippen LogP contribution in [0.5, 0.6) is 11.5 Å². The maximum atomic E-state index is 14.6. The van der Waals surface area contributed by atoms with Gasteiger partial charge < -0.3 is 9.84 Å². The zero-order valence-corrected chi connectivity index (χ0v) is 29.2. The van der Waals surface area contributed by atoms with Gasteiger partial charge in [0.15, 0.2) is 0 Å². The van der Waals surface area contributed by atoms with Gasteiger partial charge in [0.05, 0.1) is 41.0 Å². The molecule has 4 fully saturated rings. The number of piperidine rings is 1. The Bertz CT molecular complexity index is 1980. The molecule has 264 valence electrons. The number of anilines is 1. The Kier molecular flexibility index (Phi) is 8.30. The molecule has 3 saturated heterocycles. The van der Waals surface area contributed by atoms with Crippen molar-refractivity contribution in [3.63, 3.8) is 0 Å². The number of phenols is 1. The molecule has 3 heterocycles. The Labute approximate surface area is 300 Å².